The van der Waals surface area contributed by atoms with Crippen LogP contribution in [0.5, 0.6) is 0 Å². The second kappa shape index (κ2) is 8.88. The smallest absolute Gasteiger partial charge is 0.244 e. The van der Waals surface area contributed by atoms with Crippen molar-refractivity contribution in [3.05, 3.63) is 59.7 Å². The molecular formula is C21H24N2O5S2. The minimum Gasteiger partial charge on any atom is -0.390 e. The Labute approximate surface area is 178 Å². The summed E-state index contributed by atoms with van der Waals surface area (Å²) in [5.74, 6) is 5.45. The van der Waals surface area contributed by atoms with Crippen LogP contribution in [0, 0.1) is 25.7 Å². The van der Waals surface area contributed by atoms with Gasteiger partial charge in [-0.3, -0.25) is 0 Å². The molecule has 0 spiro atoms. The lowest BCUT2D eigenvalue weighted by molar-refractivity contribution is 0.129. The third-order valence-electron chi connectivity index (χ3n) is 4.78. The Morgan fingerprint density at radius 3 is 1.40 bits per heavy atom. The lowest BCUT2D eigenvalue weighted by Crippen LogP contribution is -2.43. The lowest BCUT2D eigenvalue weighted by atomic mass is 10.2. The average Bonchev–Trinajstić information content (AvgIpc) is 2.79. The summed E-state index contributed by atoms with van der Waals surface area (Å²) < 4.78 is 54.0. The molecule has 0 bridgehead atoms. The maximum Gasteiger partial charge on any atom is 0.244 e. The molecule has 0 fully saturated rings. The second-order valence-electron chi connectivity index (χ2n) is 7.23. The molecule has 1 aliphatic rings. The minimum absolute atomic E-state index is 0.102. The first-order valence-electron chi connectivity index (χ1n) is 9.38. The van der Waals surface area contributed by atoms with Crippen molar-refractivity contribution in [1.29, 1.82) is 0 Å². The zero-order valence-corrected chi connectivity index (χ0v) is 18.4. The summed E-state index contributed by atoms with van der Waals surface area (Å²) in [6, 6.07) is 12.8. The molecule has 2 aromatic rings. The van der Waals surface area contributed by atoms with Gasteiger partial charge in [0.25, 0.3) is 0 Å². The first kappa shape index (κ1) is 22.5. The maximum atomic E-state index is 13.0. The molecule has 0 atom stereocenters. The normalized spacial score (nSPS) is 17.4. The van der Waals surface area contributed by atoms with Gasteiger partial charge in [0, 0.05) is 13.1 Å². The molecule has 7 nitrogen and oxygen atoms in total. The van der Waals surface area contributed by atoms with E-state index >= 15 is 0 Å². The Morgan fingerprint density at radius 1 is 0.733 bits per heavy atom. The predicted molar refractivity (Wildman–Crippen MR) is 114 cm³/mol. The molecule has 0 radical (unpaired) electrons. The monoisotopic (exact) mass is 448 g/mol. The summed E-state index contributed by atoms with van der Waals surface area (Å²) >= 11 is 0. The van der Waals surface area contributed by atoms with Crippen LogP contribution in [0.15, 0.2) is 58.3 Å². The van der Waals surface area contributed by atoms with Gasteiger partial charge in [-0.15, -0.1) is 0 Å². The van der Waals surface area contributed by atoms with Crippen molar-refractivity contribution >= 4 is 20.0 Å². The van der Waals surface area contributed by atoms with E-state index in [1.165, 1.54) is 24.3 Å². The molecule has 3 rings (SSSR count). The van der Waals surface area contributed by atoms with E-state index in [4.69, 9.17) is 0 Å². The summed E-state index contributed by atoms with van der Waals surface area (Å²) in [4.78, 5) is 0.205. The zero-order valence-electron chi connectivity index (χ0n) is 16.8. The van der Waals surface area contributed by atoms with E-state index in [9.17, 15) is 21.9 Å². The number of hydrogen-bond donors (Lipinski definition) is 1. The highest BCUT2D eigenvalue weighted by Gasteiger charge is 2.31. The Balaban J connectivity index is 1.84. The van der Waals surface area contributed by atoms with Gasteiger partial charge in [0.05, 0.1) is 29.0 Å². The van der Waals surface area contributed by atoms with E-state index in [0.29, 0.717) is 0 Å². The molecule has 0 aromatic heterocycles. The van der Waals surface area contributed by atoms with Gasteiger partial charge in [0.1, 0.15) is 0 Å². The first-order valence-corrected chi connectivity index (χ1v) is 12.3. The molecule has 0 saturated heterocycles. The molecule has 0 saturated carbocycles. The van der Waals surface area contributed by atoms with Crippen molar-refractivity contribution in [2.24, 2.45) is 0 Å². The van der Waals surface area contributed by atoms with Crippen molar-refractivity contribution < 1.29 is 21.9 Å². The highest BCUT2D eigenvalue weighted by molar-refractivity contribution is 7.89. The van der Waals surface area contributed by atoms with Gasteiger partial charge in [0.15, 0.2) is 0 Å². The second-order valence-corrected chi connectivity index (χ2v) is 11.1. The summed E-state index contributed by atoms with van der Waals surface area (Å²) in [5, 5.41) is 10.5. The summed E-state index contributed by atoms with van der Waals surface area (Å²) in [6.07, 6.45) is -1.22. The summed E-state index contributed by atoms with van der Waals surface area (Å²) in [7, 11) is -7.75. The van der Waals surface area contributed by atoms with Crippen molar-refractivity contribution in [2.45, 2.75) is 29.7 Å². The van der Waals surface area contributed by atoms with Crippen LogP contribution in [0.4, 0.5) is 0 Å². The number of benzene rings is 2. The SMILES string of the molecule is Cc1ccc(S(=O)(=O)N2CC#CCN(S(=O)(=O)c3ccc(C)cc3)CC(O)C2)cc1. The van der Waals surface area contributed by atoms with E-state index in [2.05, 4.69) is 11.8 Å². The Hall–Kier alpha value is -2.22. The maximum absolute atomic E-state index is 13.0. The minimum atomic E-state index is -3.87. The number of hydrogen-bond acceptors (Lipinski definition) is 5. The highest BCUT2D eigenvalue weighted by Crippen LogP contribution is 2.20. The molecule has 0 amide bonds. The molecule has 1 aliphatic heterocycles. The Bertz CT molecular complexity index is 1070. The standard InChI is InChI=1S/C21H24N2O5S2/c1-17-5-9-20(10-6-17)29(25,26)22-13-3-4-14-23(16-19(24)15-22)30(27,28)21-11-7-18(2)8-12-21/h5-12,19,24H,13-16H2,1-2H3. The molecule has 1 N–H and O–H groups in total. The fraction of sp³-hybridized carbons (Fsp3) is 0.333. The van der Waals surface area contributed by atoms with Crippen LogP contribution in [0.3, 0.4) is 0 Å². The number of β-amino-alcohol motifs (C(OH)–C–C–N with tert-alkyl or cyclic N) is 1. The van der Waals surface area contributed by atoms with Crippen molar-refractivity contribution in [1.82, 2.24) is 8.61 Å². The van der Waals surface area contributed by atoms with Gasteiger partial charge in [-0.05, 0) is 38.1 Å². The molecule has 30 heavy (non-hydrogen) atoms. The lowest BCUT2D eigenvalue weighted by Gasteiger charge is -2.26. The third kappa shape index (κ3) is 4.91. The summed E-state index contributed by atoms with van der Waals surface area (Å²) in [5.41, 5.74) is 1.85. The van der Waals surface area contributed by atoms with Crippen LogP contribution in [-0.4, -0.2) is 62.8 Å². The van der Waals surface area contributed by atoms with Crippen molar-refractivity contribution in [2.75, 3.05) is 26.2 Å². The van der Waals surface area contributed by atoms with Crippen LogP contribution >= 0.6 is 0 Å². The van der Waals surface area contributed by atoms with Gasteiger partial charge >= 0.3 is 0 Å². The largest absolute Gasteiger partial charge is 0.390 e. The Kier molecular flexibility index (Phi) is 6.65. The van der Waals surface area contributed by atoms with Crippen LogP contribution in [0.2, 0.25) is 0 Å². The van der Waals surface area contributed by atoms with E-state index in [1.54, 1.807) is 24.3 Å². The van der Waals surface area contributed by atoms with Gasteiger partial charge in [0.2, 0.25) is 20.0 Å². The quantitative estimate of drug-likeness (QED) is 0.713. The number of rotatable bonds is 4. The van der Waals surface area contributed by atoms with E-state index in [0.717, 1.165) is 19.7 Å². The number of aryl methyl sites for hydroxylation is 2. The fourth-order valence-corrected chi connectivity index (χ4v) is 5.79. The van der Waals surface area contributed by atoms with Crippen LogP contribution in [-0.2, 0) is 20.0 Å². The molecule has 2 aromatic carbocycles. The number of aliphatic hydroxyl groups excluding tert-OH is 1. The Morgan fingerprint density at radius 2 is 1.07 bits per heavy atom. The van der Waals surface area contributed by atoms with E-state index < -0.39 is 26.2 Å². The third-order valence-corrected chi connectivity index (χ3v) is 8.43. The van der Waals surface area contributed by atoms with Gasteiger partial charge < -0.3 is 5.11 Å². The average molecular weight is 449 g/mol. The van der Waals surface area contributed by atoms with E-state index in [1.807, 2.05) is 13.8 Å². The van der Waals surface area contributed by atoms with E-state index in [-0.39, 0.29) is 36.0 Å². The molecule has 9 heteroatoms. The molecule has 1 heterocycles. The van der Waals surface area contributed by atoms with Gasteiger partial charge in [-0.2, -0.15) is 8.61 Å². The molecule has 160 valence electrons. The van der Waals surface area contributed by atoms with Crippen LogP contribution in [0.25, 0.3) is 0 Å². The molecule has 0 aliphatic carbocycles. The molecule has 0 unspecified atom stereocenters. The highest BCUT2D eigenvalue weighted by atomic mass is 32.2. The van der Waals surface area contributed by atoms with Crippen molar-refractivity contribution in [3.63, 3.8) is 0 Å². The zero-order chi connectivity index (χ0) is 21.9. The fourth-order valence-electron chi connectivity index (χ4n) is 3.03. The summed E-state index contributed by atoms with van der Waals surface area (Å²) in [6.45, 7) is 2.93. The van der Waals surface area contributed by atoms with Crippen LogP contribution in [0.1, 0.15) is 11.1 Å². The van der Waals surface area contributed by atoms with Crippen LogP contribution < -0.4 is 0 Å². The predicted octanol–water partition coefficient (Wildman–Crippen LogP) is 1.36. The van der Waals surface area contributed by atoms with Gasteiger partial charge in [-0.25, -0.2) is 16.8 Å². The number of aliphatic hydroxyl groups is 1. The number of nitrogens with zero attached hydrogens (tertiary/aromatic N) is 2. The molecular weight excluding hydrogens is 424 g/mol. The van der Waals surface area contributed by atoms with Gasteiger partial charge in [-0.1, -0.05) is 47.2 Å². The number of sulfonamides is 2. The first-order chi connectivity index (χ1) is 14.1. The topological polar surface area (TPSA) is 95.0 Å². The van der Waals surface area contributed by atoms with Crippen molar-refractivity contribution in [3.8, 4) is 11.8 Å².